The third kappa shape index (κ3) is 4.20. The first-order chi connectivity index (χ1) is 8.43. The second-order valence-corrected chi connectivity index (χ2v) is 4.99. The third-order valence-electron chi connectivity index (χ3n) is 2.58. The number of nitrogens with one attached hydrogen (secondary N) is 1. The quantitative estimate of drug-likeness (QED) is 0.762. The van der Waals surface area contributed by atoms with Crippen LogP contribution in [-0.4, -0.2) is 23.6 Å². The molecule has 0 saturated carbocycles. The van der Waals surface area contributed by atoms with Crippen molar-refractivity contribution in [2.24, 2.45) is 11.7 Å². The summed E-state index contributed by atoms with van der Waals surface area (Å²) in [5, 5.41) is 12.5. The van der Waals surface area contributed by atoms with Gasteiger partial charge < -0.3 is 16.2 Å². The molecule has 1 unspecified atom stereocenters. The van der Waals surface area contributed by atoms with E-state index in [4.69, 9.17) is 17.3 Å². The minimum atomic E-state index is -0.284. The third-order valence-corrected chi connectivity index (χ3v) is 2.88. The Bertz CT molecular complexity index is 421. The summed E-state index contributed by atoms with van der Waals surface area (Å²) in [5.41, 5.74) is 6.50. The normalized spacial score (nSPS) is 12.5. The number of aromatic hydroxyl groups is 1. The molecule has 1 rings (SSSR count). The number of phenols is 1. The largest absolute Gasteiger partial charge is 0.506 e. The lowest BCUT2D eigenvalue weighted by Crippen LogP contribution is -2.39. The molecule has 1 amide bonds. The molecule has 0 saturated heterocycles. The van der Waals surface area contributed by atoms with Crippen molar-refractivity contribution in [3.05, 3.63) is 28.8 Å². The van der Waals surface area contributed by atoms with E-state index in [2.05, 4.69) is 5.32 Å². The Labute approximate surface area is 112 Å². The van der Waals surface area contributed by atoms with Gasteiger partial charge in [-0.2, -0.15) is 0 Å². The standard InChI is InChI=1S/C13H19ClN2O2/c1-8(2)16-13(18)10(7-15)5-9-3-4-12(17)11(14)6-9/h3-4,6,8,10,17H,5,7,15H2,1-2H3,(H,16,18). The molecule has 0 bridgehead atoms. The van der Waals surface area contributed by atoms with Gasteiger partial charge in [-0.3, -0.25) is 4.79 Å². The predicted octanol–water partition coefficient (Wildman–Crippen LogP) is 1.69. The fraction of sp³-hybridized carbons (Fsp3) is 0.462. The highest BCUT2D eigenvalue weighted by Gasteiger charge is 2.18. The molecule has 0 heterocycles. The Morgan fingerprint density at radius 1 is 1.50 bits per heavy atom. The summed E-state index contributed by atoms with van der Waals surface area (Å²) in [6, 6.07) is 5.01. The summed E-state index contributed by atoms with van der Waals surface area (Å²) in [6.45, 7) is 4.09. The zero-order valence-electron chi connectivity index (χ0n) is 10.6. The average Bonchev–Trinajstić information content (AvgIpc) is 2.29. The van der Waals surface area contributed by atoms with Gasteiger partial charge in [0.15, 0.2) is 0 Å². The summed E-state index contributed by atoms with van der Waals surface area (Å²) >= 11 is 5.82. The predicted molar refractivity (Wildman–Crippen MR) is 72.6 cm³/mol. The van der Waals surface area contributed by atoms with Gasteiger partial charge in [0, 0.05) is 12.6 Å². The van der Waals surface area contributed by atoms with Crippen molar-refractivity contribution in [3.8, 4) is 5.75 Å². The van der Waals surface area contributed by atoms with E-state index in [1.807, 2.05) is 13.8 Å². The van der Waals surface area contributed by atoms with Crippen LogP contribution < -0.4 is 11.1 Å². The van der Waals surface area contributed by atoms with E-state index in [0.717, 1.165) is 5.56 Å². The number of phenolic OH excluding ortho intramolecular Hbond substituents is 1. The molecule has 100 valence electrons. The molecule has 18 heavy (non-hydrogen) atoms. The Kier molecular flexibility index (Phi) is 5.44. The topological polar surface area (TPSA) is 75.4 Å². The number of hydrogen-bond donors (Lipinski definition) is 3. The van der Waals surface area contributed by atoms with Gasteiger partial charge in [0.1, 0.15) is 5.75 Å². The minimum Gasteiger partial charge on any atom is -0.506 e. The van der Waals surface area contributed by atoms with Gasteiger partial charge in [-0.1, -0.05) is 17.7 Å². The maximum Gasteiger partial charge on any atom is 0.224 e. The van der Waals surface area contributed by atoms with Crippen molar-refractivity contribution in [2.45, 2.75) is 26.3 Å². The number of halogens is 1. The zero-order chi connectivity index (χ0) is 13.7. The molecule has 4 N–H and O–H groups in total. The van der Waals surface area contributed by atoms with Crippen LogP contribution in [0.4, 0.5) is 0 Å². The Morgan fingerprint density at radius 2 is 2.17 bits per heavy atom. The Balaban J connectivity index is 2.73. The molecule has 0 aliphatic rings. The number of rotatable bonds is 5. The summed E-state index contributed by atoms with van der Waals surface area (Å²) in [6.07, 6.45) is 0.509. The van der Waals surface area contributed by atoms with Crippen LogP contribution in [0.1, 0.15) is 19.4 Å². The molecule has 0 fully saturated rings. The maximum absolute atomic E-state index is 11.9. The van der Waals surface area contributed by atoms with Gasteiger partial charge in [0.05, 0.1) is 10.9 Å². The van der Waals surface area contributed by atoms with Crippen molar-refractivity contribution < 1.29 is 9.90 Å². The fourth-order valence-corrected chi connectivity index (χ4v) is 1.85. The molecule has 1 aromatic rings. The second-order valence-electron chi connectivity index (χ2n) is 4.59. The smallest absolute Gasteiger partial charge is 0.224 e. The van der Waals surface area contributed by atoms with Crippen LogP contribution in [0, 0.1) is 5.92 Å². The average molecular weight is 271 g/mol. The summed E-state index contributed by atoms with van der Waals surface area (Å²) < 4.78 is 0. The van der Waals surface area contributed by atoms with Crippen LogP contribution in [0.3, 0.4) is 0 Å². The van der Waals surface area contributed by atoms with E-state index < -0.39 is 0 Å². The van der Waals surface area contributed by atoms with Gasteiger partial charge in [0.2, 0.25) is 5.91 Å². The SMILES string of the molecule is CC(C)NC(=O)C(CN)Cc1ccc(O)c(Cl)c1. The van der Waals surface area contributed by atoms with Crippen molar-refractivity contribution >= 4 is 17.5 Å². The van der Waals surface area contributed by atoms with Crippen LogP contribution >= 0.6 is 11.6 Å². The van der Waals surface area contributed by atoms with Gasteiger partial charge in [-0.15, -0.1) is 0 Å². The van der Waals surface area contributed by atoms with Crippen LogP contribution in [0.5, 0.6) is 5.75 Å². The number of carbonyl (C=O) groups excluding carboxylic acids is 1. The highest BCUT2D eigenvalue weighted by molar-refractivity contribution is 6.32. The lowest BCUT2D eigenvalue weighted by Gasteiger charge is -2.17. The van der Waals surface area contributed by atoms with Crippen LogP contribution in [0.2, 0.25) is 5.02 Å². The van der Waals surface area contributed by atoms with Gasteiger partial charge in [-0.25, -0.2) is 0 Å². The van der Waals surface area contributed by atoms with E-state index in [0.29, 0.717) is 6.42 Å². The molecule has 0 aliphatic carbocycles. The monoisotopic (exact) mass is 270 g/mol. The lowest BCUT2D eigenvalue weighted by molar-refractivity contribution is -0.125. The summed E-state index contributed by atoms with van der Waals surface area (Å²) in [4.78, 5) is 11.9. The van der Waals surface area contributed by atoms with Gasteiger partial charge in [-0.05, 0) is 38.0 Å². The molecule has 0 aromatic heterocycles. The number of nitrogens with two attached hydrogens (primary N) is 1. The van der Waals surface area contributed by atoms with E-state index in [1.165, 1.54) is 6.07 Å². The Morgan fingerprint density at radius 3 is 2.67 bits per heavy atom. The van der Waals surface area contributed by atoms with Crippen LogP contribution in [0.15, 0.2) is 18.2 Å². The van der Waals surface area contributed by atoms with E-state index in [-0.39, 0.29) is 35.2 Å². The molecule has 0 aliphatic heterocycles. The molecular weight excluding hydrogens is 252 g/mol. The zero-order valence-corrected chi connectivity index (χ0v) is 11.4. The number of benzene rings is 1. The molecular formula is C13H19ClN2O2. The lowest BCUT2D eigenvalue weighted by atomic mass is 9.98. The van der Waals surface area contributed by atoms with E-state index >= 15 is 0 Å². The van der Waals surface area contributed by atoms with Crippen molar-refractivity contribution in [3.63, 3.8) is 0 Å². The van der Waals surface area contributed by atoms with Crippen LogP contribution in [0.25, 0.3) is 0 Å². The molecule has 4 nitrogen and oxygen atoms in total. The first-order valence-corrected chi connectivity index (χ1v) is 6.29. The van der Waals surface area contributed by atoms with Crippen molar-refractivity contribution in [1.29, 1.82) is 0 Å². The molecule has 1 atom stereocenters. The van der Waals surface area contributed by atoms with Crippen molar-refractivity contribution in [2.75, 3.05) is 6.54 Å². The molecule has 0 radical (unpaired) electrons. The number of amides is 1. The van der Waals surface area contributed by atoms with E-state index in [9.17, 15) is 9.90 Å². The second kappa shape index (κ2) is 6.61. The first-order valence-electron chi connectivity index (χ1n) is 5.92. The van der Waals surface area contributed by atoms with Gasteiger partial charge in [0.25, 0.3) is 0 Å². The minimum absolute atomic E-state index is 0.0383. The first kappa shape index (κ1) is 14.8. The molecule has 1 aromatic carbocycles. The fourth-order valence-electron chi connectivity index (χ4n) is 1.65. The molecule has 5 heteroatoms. The maximum atomic E-state index is 11.9. The highest BCUT2D eigenvalue weighted by atomic mass is 35.5. The Hall–Kier alpha value is -1.26. The number of hydrogen-bond acceptors (Lipinski definition) is 3. The summed E-state index contributed by atoms with van der Waals surface area (Å²) in [7, 11) is 0. The van der Waals surface area contributed by atoms with Gasteiger partial charge >= 0.3 is 0 Å². The highest BCUT2D eigenvalue weighted by Crippen LogP contribution is 2.24. The van der Waals surface area contributed by atoms with E-state index in [1.54, 1.807) is 12.1 Å². The van der Waals surface area contributed by atoms with Crippen molar-refractivity contribution in [1.82, 2.24) is 5.32 Å². The van der Waals surface area contributed by atoms with Crippen LogP contribution in [-0.2, 0) is 11.2 Å². The summed E-state index contributed by atoms with van der Waals surface area (Å²) in [5.74, 6) is -0.305. The number of carbonyl (C=O) groups is 1. The molecule has 0 spiro atoms.